The Bertz CT molecular complexity index is 307. The Kier molecular flexibility index (Phi) is 5.32. The quantitative estimate of drug-likeness (QED) is 0.533. The lowest BCUT2D eigenvalue weighted by molar-refractivity contribution is 0.594. The van der Waals surface area contributed by atoms with Crippen molar-refractivity contribution in [2.24, 2.45) is 0 Å². The molecule has 0 spiro atoms. The Hall–Kier alpha value is -0.350. The van der Waals surface area contributed by atoms with E-state index in [0.29, 0.717) is 5.75 Å². The van der Waals surface area contributed by atoms with Gasteiger partial charge in [0.1, 0.15) is 9.84 Å². The van der Waals surface area contributed by atoms with Crippen molar-refractivity contribution in [3.05, 3.63) is 11.6 Å². The molecular formula is C11H21NO2S. The fourth-order valence-corrected chi connectivity index (χ4v) is 2.47. The van der Waals surface area contributed by atoms with Gasteiger partial charge in [0, 0.05) is 6.26 Å². The summed E-state index contributed by atoms with van der Waals surface area (Å²) in [6.07, 6.45) is 9.27. The maximum Gasteiger partial charge on any atom is 0.147 e. The fraction of sp³-hybridized carbons (Fsp3) is 0.818. The SMILES string of the molecule is CS(=O)(=O)CCCNCCC1=CCCC1. The monoisotopic (exact) mass is 231 g/mol. The van der Waals surface area contributed by atoms with E-state index in [0.717, 1.165) is 25.9 Å². The molecule has 0 saturated carbocycles. The van der Waals surface area contributed by atoms with Gasteiger partial charge in [0.25, 0.3) is 0 Å². The van der Waals surface area contributed by atoms with E-state index in [2.05, 4.69) is 11.4 Å². The molecule has 0 fully saturated rings. The molecule has 0 aliphatic heterocycles. The van der Waals surface area contributed by atoms with Gasteiger partial charge in [-0.25, -0.2) is 8.42 Å². The van der Waals surface area contributed by atoms with Gasteiger partial charge in [0.2, 0.25) is 0 Å². The van der Waals surface area contributed by atoms with Crippen LogP contribution in [0.15, 0.2) is 11.6 Å². The summed E-state index contributed by atoms with van der Waals surface area (Å²) in [4.78, 5) is 0. The molecule has 0 amide bonds. The number of rotatable bonds is 7. The van der Waals surface area contributed by atoms with Crippen molar-refractivity contribution < 1.29 is 8.42 Å². The first-order valence-corrected chi connectivity index (χ1v) is 7.70. The summed E-state index contributed by atoms with van der Waals surface area (Å²) in [7, 11) is -2.78. The number of hydrogen-bond acceptors (Lipinski definition) is 3. The third-order valence-electron chi connectivity index (χ3n) is 2.63. The molecular weight excluding hydrogens is 210 g/mol. The molecule has 3 nitrogen and oxygen atoms in total. The average molecular weight is 231 g/mol. The predicted molar refractivity (Wildman–Crippen MR) is 63.7 cm³/mol. The smallest absolute Gasteiger partial charge is 0.147 e. The highest BCUT2D eigenvalue weighted by molar-refractivity contribution is 7.90. The van der Waals surface area contributed by atoms with E-state index in [1.165, 1.54) is 25.5 Å². The van der Waals surface area contributed by atoms with Crippen molar-refractivity contribution >= 4 is 9.84 Å². The van der Waals surface area contributed by atoms with E-state index in [1.54, 1.807) is 5.57 Å². The maximum absolute atomic E-state index is 10.8. The Morgan fingerprint density at radius 2 is 2.20 bits per heavy atom. The Morgan fingerprint density at radius 3 is 2.80 bits per heavy atom. The van der Waals surface area contributed by atoms with Crippen LogP contribution in [0.5, 0.6) is 0 Å². The van der Waals surface area contributed by atoms with Crippen molar-refractivity contribution in [2.45, 2.75) is 32.1 Å². The van der Waals surface area contributed by atoms with Crippen LogP contribution in [0.25, 0.3) is 0 Å². The van der Waals surface area contributed by atoms with Crippen molar-refractivity contribution in [2.75, 3.05) is 25.1 Å². The summed E-state index contributed by atoms with van der Waals surface area (Å²) in [6.45, 7) is 1.79. The molecule has 1 N–H and O–H groups in total. The first-order chi connectivity index (χ1) is 7.08. The van der Waals surface area contributed by atoms with Gasteiger partial charge >= 0.3 is 0 Å². The van der Waals surface area contributed by atoms with Gasteiger partial charge in [-0.05, 0) is 45.2 Å². The van der Waals surface area contributed by atoms with Gasteiger partial charge in [-0.15, -0.1) is 0 Å². The van der Waals surface area contributed by atoms with E-state index in [9.17, 15) is 8.42 Å². The van der Waals surface area contributed by atoms with Crippen LogP contribution in [0.3, 0.4) is 0 Å². The standard InChI is InChI=1S/C11H21NO2S/c1-15(13,14)10-4-8-12-9-7-11-5-2-3-6-11/h5,12H,2-4,6-10H2,1H3. The number of hydrogen-bond donors (Lipinski definition) is 1. The second kappa shape index (κ2) is 6.28. The number of sulfone groups is 1. The zero-order valence-electron chi connectivity index (χ0n) is 9.46. The fourth-order valence-electron chi connectivity index (χ4n) is 1.80. The van der Waals surface area contributed by atoms with Crippen LogP contribution in [0.4, 0.5) is 0 Å². The minimum Gasteiger partial charge on any atom is -0.316 e. The van der Waals surface area contributed by atoms with Crippen molar-refractivity contribution in [3.63, 3.8) is 0 Å². The average Bonchev–Trinajstić information content (AvgIpc) is 2.61. The normalized spacial score (nSPS) is 16.7. The largest absolute Gasteiger partial charge is 0.316 e. The van der Waals surface area contributed by atoms with Crippen LogP contribution in [0.2, 0.25) is 0 Å². The highest BCUT2D eigenvalue weighted by Crippen LogP contribution is 2.19. The molecule has 0 aromatic rings. The van der Waals surface area contributed by atoms with Gasteiger partial charge in [-0.1, -0.05) is 11.6 Å². The molecule has 0 saturated heterocycles. The molecule has 1 rings (SSSR count). The zero-order valence-corrected chi connectivity index (χ0v) is 10.3. The van der Waals surface area contributed by atoms with E-state index < -0.39 is 9.84 Å². The Balaban J connectivity index is 1.93. The van der Waals surface area contributed by atoms with Crippen molar-refractivity contribution in [3.8, 4) is 0 Å². The third kappa shape index (κ3) is 6.68. The molecule has 4 heteroatoms. The molecule has 0 radical (unpaired) electrons. The minimum absolute atomic E-state index is 0.294. The summed E-state index contributed by atoms with van der Waals surface area (Å²) in [5.74, 6) is 0.294. The molecule has 0 bridgehead atoms. The first kappa shape index (κ1) is 12.7. The maximum atomic E-state index is 10.8. The molecule has 88 valence electrons. The summed E-state index contributed by atoms with van der Waals surface area (Å²) >= 11 is 0. The van der Waals surface area contributed by atoms with Gasteiger partial charge in [0.15, 0.2) is 0 Å². The molecule has 0 aromatic heterocycles. The molecule has 0 aromatic carbocycles. The van der Waals surface area contributed by atoms with Crippen molar-refractivity contribution in [1.29, 1.82) is 0 Å². The molecule has 0 atom stereocenters. The lowest BCUT2D eigenvalue weighted by atomic mass is 10.2. The molecule has 1 aliphatic rings. The molecule has 0 heterocycles. The van der Waals surface area contributed by atoms with E-state index >= 15 is 0 Å². The van der Waals surface area contributed by atoms with E-state index in [4.69, 9.17) is 0 Å². The lowest BCUT2D eigenvalue weighted by Gasteiger charge is -2.04. The van der Waals surface area contributed by atoms with Crippen LogP contribution in [0, 0.1) is 0 Å². The summed E-state index contributed by atoms with van der Waals surface area (Å²) in [5, 5.41) is 3.28. The van der Waals surface area contributed by atoms with Gasteiger partial charge in [-0.3, -0.25) is 0 Å². The second-order valence-electron chi connectivity index (χ2n) is 4.24. The third-order valence-corrected chi connectivity index (χ3v) is 3.66. The predicted octanol–water partition coefficient (Wildman–Crippen LogP) is 1.51. The van der Waals surface area contributed by atoms with Crippen LogP contribution < -0.4 is 5.32 Å². The van der Waals surface area contributed by atoms with Crippen LogP contribution in [0.1, 0.15) is 32.1 Å². The molecule has 15 heavy (non-hydrogen) atoms. The topological polar surface area (TPSA) is 46.2 Å². The van der Waals surface area contributed by atoms with Crippen molar-refractivity contribution in [1.82, 2.24) is 5.32 Å². The molecule has 0 unspecified atom stereocenters. The number of nitrogens with one attached hydrogen (secondary N) is 1. The zero-order chi connectivity index (χ0) is 11.1. The highest BCUT2D eigenvalue weighted by atomic mass is 32.2. The van der Waals surface area contributed by atoms with Crippen LogP contribution in [-0.2, 0) is 9.84 Å². The molecule has 1 aliphatic carbocycles. The number of allylic oxidation sites excluding steroid dienone is 1. The van der Waals surface area contributed by atoms with Gasteiger partial charge in [0.05, 0.1) is 5.75 Å². The van der Waals surface area contributed by atoms with Crippen LogP contribution >= 0.6 is 0 Å². The minimum atomic E-state index is -2.78. The van der Waals surface area contributed by atoms with E-state index in [1.807, 2.05) is 0 Å². The summed E-state index contributed by atoms with van der Waals surface area (Å²) in [5.41, 5.74) is 1.56. The second-order valence-corrected chi connectivity index (χ2v) is 6.50. The highest BCUT2D eigenvalue weighted by Gasteiger charge is 2.04. The van der Waals surface area contributed by atoms with Gasteiger partial charge < -0.3 is 5.32 Å². The Labute approximate surface area is 92.9 Å². The first-order valence-electron chi connectivity index (χ1n) is 5.64. The Morgan fingerprint density at radius 1 is 1.40 bits per heavy atom. The summed E-state index contributed by atoms with van der Waals surface area (Å²) in [6, 6.07) is 0. The lowest BCUT2D eigenvalue weighted by Crippen LogP contribution is -2.19. The van der Waals surface area contributed by atoms with E-state index in [-0.39, 0.29) is 0 Å². The summed E-state index contributed by atoms with van der Waals surface area (Å²) < 4.78 is 21.7. The van der Waals surface area contributed by atoms with Crippen LogP contribution in [-0.4, -0.2) is 33.5 Å². The van der Waals surface area contributed by atoms with Gasteiger partial charge in [-0.2, -0.15) is 0 Å².